The summed E-state index contributed by atoms with van der Waals surface area (Å²) in [5.74, 6) is 0.923. The smallest absolute Gasteiger partial charge is 0.271 e. The summed E-state index contributed by atoms with van der Waals surface area (Å²) in [6, 6.07) is 17.0. The number of nitro groups is 1. The third-order valence-corrected chi connectivity index (χ3v) is 4.37. The van der Waals surface area contributed by atoms with Gasteiger partial charge in [-0.15, -0.1) is 0 Å². The van der Waals surface area contributed by atoms with Crippen LogP contribution in [0.2, 0.25) is 0 Å². The van der Waals surface area contributed by atoms with Crippen molar-refractivity contribution in [3.8, 4) is 0 Å². The molecule has 6 heteroatoms. The van der Waals surface area contributed by atoms with Crippen LogP contribution in [-0.2, 0) is 6.42 Å². The Morgan fingerprint density at radius 1 is 1.23 bits per heavy atom. The van der Waals surface area contributed by atoms with E-state index >= 15 is 0 Å². The quantitative estimate of drug-likeness (QED) is 0.690. The van der Waals surface area contributed by atoms with Gasteiger partial charge in [-0.3, -0.25) is 15.1 Å². The largest absolute Gasteiger partial charge is 0.335 e. The molecule has 1 atom stereocenters. The second kappa shape index (κ2) is 6.62. The first-order valence-electron chi connectivity index (χ1n) is 6.97. The topological polar surface area (TPSA) is 67.5 Å². The van der Waals surface area contributed by atoms with E-state index in [-0.39, 0.29) is 11.7 Å². The van der Waals surface area contributed by atoms with Crippen molar-refractivity contribution in [2.24, 2.45) is 4.99 Å². The van der Waals surface area contributed by atoms with Crippen molar-refractivity contribution in [1.82, 2.24) is 0 Å². The number of hydrogen-bond donors (Lipinski definition) is 1. The van der Waals surface area contributed by atoms with Gasteiger partial charge in [0.1, 0.15) is 0 Å². The molecule has 3 rings (SSSR count). The van der Waals surface area contributed by atoms with Crippen molar-refractivity contribution in [2.45, 2.75) is 12.5 Å². The number of benzene rings is 2. The Balaban J connectivity index is 1.65. The zero-order chi connectivity index (χ0) is 15.4. The summed E-state index contributed by atoms with van der Waals surface area (Å²) in [7, 11) is 0. The lowest BCUT2D eigenvalue weighted by Gasteiger charge is -2.05. The molecule has 0 unspecified atom stereocenters. The van der Waals surface area contributed by atoms with Gasteiger partial charge in [-0.1, -0.05) is 48.2 Å². The highest BCUT2D eigenvalue weighted by atomic mass is 32.2. The number of aliphatic imine (C=N–C) groups is 1. The lowest BCUT2D eigenvalue weighted by atomic mass is 10.1. The number of nitro benzene ring substituents is 1. The monoisotopic (exact) mass is 313 g/mol. The van der Waals surface area contributed by atoms with Crippen LogP contribution in [0, 0.1) is 10.1 Å². The summed E-state index contributed by atoms with van der Waals surface area (Å²) in [6.45, 7) is 0. The van der Waals surface area contributed by atoms with Gasteiger partial charge >= 0.3 is 0 Å². The molecule has 0 saturated carbocycles. The molecule has 0 bridgehead atoms. The molecule has 0 aliphatic carbocycles. The van der Waals surface area contributed by atoms with Crippen molar-refractivity contribution < 1.29 is 4.92 Å². The third-order valence-electron chi connectivity index (χ3n) is 3.33. The van der Waals surface area contributed by atoms with E-state index in [9.17, 15) is 10.1 Å². The molecular formula is C16H15N3O2S. The van der Waals surface area contributed by atoms with Gasteiger partial charge < -0.3 is 5.32 Å². The van der Waals surface area contributed by atoms with Gasteiger partial charge in [0.15, 0.2) is 5.17 Å². The molecule has 0 spiro atoms. The normalized spacial score (nSPS) is 17.1. The number of nitrogens with zero attached hydrogens (tertiary/aromatic N) is 2. The molecule has 1 aliphatic heterocycles. The molecule has 0 aromatic heterocycles. The minimum atomic E-state index is -0.396. The zero-order valence-electron chi connectivity index (χ0n) is 11.8. The fraction of sp³-hybridized carbons (Fsp3) is 0.188. The number of anilines is 1. The number of hydrogen-bond acceptors (Lipinski definition) is 5. The predicted molar refractivity (Wildman–Crippen MR) is 90.5 cm³/mol. The molecule has 2 aromatic rings. The van der Waals surface area contributed by atoms with Crippen LogP contribution >= 0.6 is 11.8 Å². The summed E-state index contributed by atoms with van der Waals surface area (Å²) in [6.07, 6.45) is 0.911. The Hall–Kier alpha value is -2.34. The Bertz CT molecular complexity index is 704. The summed E-state index contributed by atoms with van der Waals surface area (Å²) in [5.41, 5.74) is 2.05. The van der Waals surface area contributed by atoms with E-state index in [1.54, 1.807) is 23.9 Å². The van der Waals surface area contributed by atoms with Crippen LogP contribution in [0.15, 0.2) is 59.6 Å². The average Bonchev–Trinajstić information content (AvgIpc) is 2.95. The molecule has 1 N–H and O–H groups in total. The van der Waals surface area contributed by atoms with E-state index in [2.05, 4.69) is 22.4 Å². The van der Waals surface area contributed by atoms with Crippen molar-refractivity contribution in [1.29, 1.82) is 0 Å². The van der Waals surface area contributed by atoms with Gasteiger partial charge in [0.25, 0.3) is 5.69 Å². The van der Waals surface area contributed by atoms with Crippen LogP contribution in [0.5, 0.6) is 0 Å². The average molecular weight is 313 g/mol. The second-order valence-corrected chi connectivity index (χ2v) is 6.03. The Morgan fingerprint density at radius 3 is 2.82 bits per heavy atom. The molecular weight excluding hydrogens is 298 g/mol. The minimum absolute atomic E-state index is 0.0782. The maximum atomic E-state index is 10.8. The summed E-state index contributed by atoms with van der Waals surface area (Å²) < 4.78 is 0. The first kappa shape index (κ1) is 14.6. The summed E-state index contributed by atoms with van der Waals surface area (Å²) >= 11 is 1.65. The zero-order valence-corrected chi connectivity index (χ0v) is 12.6. The lowest BCUT2D eigenvalue weighted by molar-refractivity contribution is -0.384. The van der Waals surface area contributed by atoms with Gasteiger partial charge in [-0.25, -0.2) is 0 Å². The molecule has 112 valence electrons. The van der Waals surface area contributed by atoms with Crippen LogP contribution in [0.3, 0.4) is 0 Å². The van der Waals surface area contributed by atoms with E-state index < -0.39 is 4.92 Å². The molecule has 2 aromatic carbocycles. The summed E-state index contributed by atoms with van der Waals surface area (Å²) in [4.78, 5) is 15.0. The number of thioether (sulfide) groups is 1. The number of nitrogens with one attached hydrogen (secondary N) is 1. The molecule has 1 heterocycles. The molecule has 1 aliphatic rings. The van der Waals surface area contributed by atoms with Crippen molar-refractivity contribution in [3.05, 3.63) is 70.3 Å². The maximum absolute atomic E-state index is 10.8. The fourth-order valence-electron chi connectivity index (χ4n) is 2.30. The minimum Gasteiger partial charge on any atom is -0.335 e. The molecule has 0 amide bonds. The number of rotatable bonds is 4. The van der Waals surface area contributed by atoms with E-state index in [4.69, 9.17) is 0 Å². The standard InChI is InChI=1S/C16H15N3O2S/c20-19(21)15-8-4-7-13(10-15)17-16-18-14(11-22-16)9-12-5-2-1-3-6-12/h1-8,10,14H,9,11H2,(H,17,18)/t14-/m0/s1. The van der Waals surface area contributed by atoms with Crippen molar-refractivity contribution in [3.63, 3.8) is 0 Å². The van der Waals surface area contributed by atoms with E-state index in [1.807, 2.05) is 18.2 Å². The van der Waals surface area contributed by atoms with Crippen LogP contribution in [0.1, 0.15) is 5.56 Å². The fourth-order valence-corrected chi connectivity index (χ4v) is 3.25. The first-order valence-corrected chi connectivity index (χ1v) is 7.95. The van der Waals surface area contributed by atoms with E-state index in [0.717, 1.165) is 17.3 Å². The van der Waals surface area contributed by atoms with Crippen LogP contribution in [0.4, 0.5) is 11.4 Å². The number of non-ortho nitro benzene ring substituents is 1. The number of amidine groups is 1. The highest BCUT2D eigenvalue weighted by molar-refractivity contribution is 8.14. The molecule has 0 radical (unpaired) electrons. The van der Waals surface area contributed by atoms with Gasteiger partial charge in [0.2, 0.25) is 0 Å². The Labute approximate surface area is 132 Å². The SMILES string of the molecule is O=[N+]([O-])c1cccc(NC2=N[C@@H](Cc3ccccc3)CS2)c1. The van der Waals surface area contributed by atoms with Gasteiger partial charge in [0.05, 0.1) is 11.0 Å². The highest BCUT2D eigenvalue weighted by Crippen LogP contribution is 2.24. The lowest BCUT2D eigenvalue weighted by Crippen LogP contribution is -2.08. The van der Waals surface area contributed by atoms with Crippen LogP contribution < -0.4 is 5.32 Å². The van der Waals surface area contributed by atoms with Crippen LogP contribution in [-0.4, -0.2) is 21.9 Å². The van der Waals surface area contributed by atoms with E-state index in [0.29, 0.717) is 5.69 Å². The Kier molecular flexibility index (Phi) is 4.39. The second-order valence-electron chi connectivity index (χ2n) is 5.02. The van der Waals surface area contributed by atoms with Crippen LogP contribution in [0.25, 0.3) is 0 Å². The molecule has 0 fully saturated rings. The van der Waals surface area contributed by atoms with Gasteiger partial charge in [0, 0.05) is 23.6 Å². The van der Waals surface area contributed by atoms with Crippen molar-refractivity contribution in [2.75, 3.05) is 11.1 Å². The van der Waals surface area contributed by atoms with Gasteiger partial charge in [-0.2, -0.15) is 0 Å². The highest BCUT2D eigenvalue weighted by Gasteiger charge is 2.19. The molecule has 5 nitrogen and oxygen atoms in total. The van der Waals surface area contributed by atoms with E-state index in [1.165, 1.54) is 17.7 Å². The molecule has 0 saturated heterocycles. The summed E-state index contributed by atoms with van der Waals surface area (Å²) in [5, 5.41) is 14.8. The van der Waals surface area contributed by atoms with Gasteiger partial charge in [-0.05, 0) is 18.1 Å². The maximum Gasteiger partial charge on any atom is 0.271 e. The molecule has 22 heavy (non-hydrogen) atoms. The first-order chi connectivity index (χ1) is 10.7. The third kappa shape index (κ3) is 3.65. The Morgan fingerprint density at radius 2 is 2.05 bits per heavy atom. The predicted octanol–water partition coefficient (Wildman–Crippen LogP) is 3.72. The van der Waals surface area contributed by atoms with Crippen molar-refractivity contribution >= 4 is 28.3 Å².